The van der Waals surface area contributed by atoms with Gasteiger partial charge in [-0.25, -0.2) is 0 Å². The van der Waals surface area contributed by atoms with Gasteiger partial charge in [-0.1, -0.05) is 116 Å². The topological polar surface area (TPSA) is 42.5 Å². The molecule has 0 aromatic heterocycles. The molecular weight excluding hydrogens is 895 g/mol. The third kappa shape index (κ3) is 11.6. The molecule has 0 bridgehead atoms. The van der Waals surface area contributed by atoms with Crippen LogP contribution in [-0.2, 0) is 52.3 Å². The molecule has 368 valence electrons. The molecule has 0 spiro atoms. The van der Waals surface area contributed by atoms with E-state index in [1.165, 1.54) is 46.5 Å². The summed E-state index contributed by atoms with van der Waals surface area (Å²) in [6.07, 6.45) is -0.582. The molecule has 2 heterocycles. The quantitative estimate of drug-likeness (QED) is 0.101. The first-order chi connectivity index (χ1) is 33.8. The van der Waals surface area contributed by atoms with Crippen LogP contribution in [0.5, 0.6) is 0 Å². The van der Waals surface area contributed by atoms with Crippen molar-refractivity contribution in [3.8, 4) is 22.3 Å². The molecule has 4 nitrogen and oxygen atoms in total. The fourth-order valence-corrected chi connectivity index (χ4v) is 11.5. The monoisotopic (exact) mass is 958 g/mol. The van der Waals surface area contributed by atoms with Gasteiger partial charge < -0.3 is 20.1 Å². The Bertz CT molecular complexity index is 2650. The third-order valence-corrected chi connectivity index (χ3v) is 15.5. The maximum atomic E-state index is 14.3. The number of halogens is 6. The second-order valence-corrected chi connectivity index (χ2v) is 20.1. The van der Waals surface area contributed by atoms with E-state index in [9.17, 15) is 26.3 Å². The normalized spacial score (nSPS) is 19.5. The van der Waals surface area contributed by atoms with Crippen molar-refractivity contribution >= 4 is 0 Å². The Labute approximate surface area is 409 Å². The lowest BCUT2D eigenvalue weighted by atomic mass is 9.72. The van der Waals surface area contributed by atoms with E-state index in [1.54, 1.807) is 0 Å². The summed E-state index contributed by atoms with van der Waals surface area (Å²) in [7, 11) is 0. The Morgan fingerprint density at radius 1 is 0.514 bits per heavy atom. The zero-order valence-electron chi connectivity index (χ0n) is 40.0. The Kier molecular flexibility index (Phi) is 15.3. The predicted octanol–water partition coefficient (Wildman–Crippen LogP) is 14.7. The van der Waals surface area contributed by atoms with E-state index in [4.69, 9.17) is 9.47 Å². The van der Waals surface area contributed by atoms with Crippen LogP contribution in [0.1, 0.15) is 120 Å². The maximum absolute atomic E-state index is 14.3. The number of alkyl halides is 6. The molecule has 3 fully saturated rings. The summed E-state index contributed by atoms with van der Waals surface area (Å²) in [6.45, 7) is 6.39. The Morgan fingerprint density at radius 3 is 1.51 bits per heavy atom. The Morgan fingerprint density at radius 2 is 0.986 bits per heavy atom. The standard InChI is InChI=1S/C60H64F6N2O2/c1-2-44-9-6-7-14-56(44)51-32-43(34-55(37-51)60(64,65)66)39-70-41-58(25-29-68-30-26-58)53-21-19-46(20-22-53)49-11-8-10-48(35-49)45-15-17-47(18-16-45)50-31-42(33-54(36-50)59(61,62)63)38-69-40-57(23-27-67-28-24-57)52-12-4-3-5-13-52/h3-7,9,12-22,31-34,36-37,48-49,67-68H,2,8,10-11,23-30,35,38-41H2,1H3. The molecule has 2 N–H and O–H groups in total. The fourth-order valence-electron chi connectivity index (χ4n) is 11.5. The van der Waals surface area contributed by atoms with Crippen LogP contribution >= 0.6 is 0 Å². The molecule has 6 aromatic carbocycles. The van der Waals surface area contributed by atoms with Gasteiger partial charge in [-0.05, 0) is 187 Å². The van der Waals surface area contributed by atoms with Crippen molar-refractivity contribution in [2.24, 2.45) is 0 Å². The number of aryl methyl sites for hydroxylation is 1. The summed E-state index contributed by atoms with van der Waals surface area (Å²) in [4.78, 5) is 0. The minimum atomic E-state index is -4.50. The van der Waals surface area contributed by atoms with Crippen molar-refractivity contribution in [2.75, 3.05) is 39.4 Å². The van der Waals surface area contributed by atoms with E-state index < -0.39 is 23.5 Å². The molecule has 1 saturated carbocycles. The molecule has 6 aromatic rings. The smallest absolute Gasteiger partial charge is 0.376 e. The number of piperidine rings is 2. The summed E-state index contributed by atoms with van der Waals surface area (Å²) in [6, 6.07) is 43.6. The summed E-state index contributed by atoms with van der Waals surface area (Å²) < 4.78 is 98.2. The molecule has 2 saturated heterocycles. The van der Waals surface area contributed by atoms with E-state index in [-0.39, 0.29) is 24.0 Å². The first kappa shape index (κ1) is 49.7. The zero-order chi connectivity index (χ0) is 48.8. The van der Waals surface area contributed by atoms with E-state index in [0.29, 0.717) is 53.7 Å². The number of hydrogen-bond acceptors (Lipinski definition) is 4. The number of nitrogens with one attached hydrogen (secondary N) is 2. The molecule has 3 aliphatic rings. The van der Waals surface area contributed by atoms with Crippen LogP contribution in [-0.4, -0.2) is 39.4 Å². The average molecular weight is 959 g/mol. The molecule has 2 aliphatic heterocycles. The van der Waals surface area contributed by atoms with E-state index in [0.717, 1.165) is 94.2 Å². The van der Waals surface area contributed by atoms with Crippen molar-refractivity contribution < 1.29 is 35.8 Å². The maximum Gasteiger partial charge on any atom is 0.416 e. The number of ether oxygens (including phenoxy) is 2. The van der Waals surface area contributed by atoms with Crippen LogP contribution in [0.2, 0.25) is 0 Å². The molecule has 1 aliphatic carbocycles. The molecule has 2 unspecified atom stereocenters. The highest BCUT2D eigenvalue weighted by atomic mass is 19.4. The molecule has 0 amide bonds. The van der Waals surface area contributed by atoms with Crippen LogP contribution in [0.4, 0.5) is 26.3 Å². The van der Waals surface area contributed by atoms with Gasteiger partial charge >= 0.3 is 12.4 Å². The molecule has 9 rings (SSSR count). The van der Waals surface area contributed by atoms with Gasteiger partial charge in [0.1, 0.15) is 0 Å². The van der Waals surface area contributed by atoms with Gasteiger partial charge in [-0.2, -0.15) is 26.3 Å². The molecular formula is C60H64F6N2O2. The van der Waals surface area contributed by atoms with E-state index in [1.807, 2.05) is 73.7 Å². The first-order valence-electron chi connectivity index (χ1n) is 25.1. The largest absolute Gasteiger partial charge is 0.416 e. The van der Waals surface area contributed by atoms with Crippen LogP contribution in [0.25, 0.3) is 22.3 Å². The highest BCUT2D eigenvalue weighted by molar-refractivity contribution is 5.69. The highest BCUT2D eigenvalue weighted by Gasteiger charge is 2.37. The summed E-state index contributed by atoms with van der Waals surface area (Å²) in [5.41, 5.74) is 7.69. The van der Waals surface area contributed by atoms with Gasteiger partial charge in [-0.3, -0.25) is 0 Å². The number of hydrogen-bond donors (Lipinski definition) is 2. The van der Waals surface area contributed by atoms with Crippen molar-refractivity contribution in [1.82, 2.24) is 10.6 Å². The van der Waals surface area contributed by atoms with Crippen LogP contribution < -0.4 is 10.6 Å². The highest BCUT2D eigenvalue weighted by Crippen LogP contribution is 2.44. The van der Waals surface area contributed by atoms with Crippen LogP contribution in [0, 0.1) is 0 Å². The molecule has 0 radical (unpaired) electrons. The van der Waals surface area contributed by atoms with Crippen LogP contribution in [0.3, 0.4) is 0 Å². The van der Waals surface area contributed by atoms with Crippen LogP contribution in [0.15, 0.2) is 140 Å². The lowest BCUT2D eigenvalue weighted by Gasteiger charge is -2.38. The number of benzene rings is 6. The first-order valence-corrected chi connectivity index (χ1v) is 25.1. The summed E-state index contributed by atoms with van der Waals surface area (Å²) >= 11 is 0. The van der Waals surface area contributed by atoms with Gasteiger partial charge in [0, 0.05) is 10.8 Å². The Hall–Kier alpha value is -5.26. The Balaban J connectivity index is 0.859. The zero-order valence-corrected chi connectivity index (χ0v) is 40.0. The van der Waals surface area contributed by atoms with Crippen molar-refractivity contribution in [1.29, 1.82) is 0 Å². The lowest BCUT2D eigenvalue weighted by molar-refractivity contribution is -0.138. The second kappa shape index (κ2) is 21.6. The van der Waals surface area contributed by atoms with Gasteiger partial charge in [-0.15, -0.1) is 0 Å². The predicted molar refractivity (Wildman–Crippen MR) is 267 cm³/mol. The summed E-state index contributed by atoms with van der Waals surface area (Å²) in [5, 5.41) is 6.90. The number of rotatable bonds is 15. The van der Waals surface area contributed by atoms with Gasteiger partial charge in [0.05, 0.1) is 37.6 Å². The molecule has 10 heteroatoms. The fraction of sp³-hybridized carbons (Fsp3) is 0.400. The minimum absolute atomic E-state index is 0.0767. The molecule has 2 atom stereocenters. The van der Waals surface area contributed by atoms with Crippen molar-refractivity contribution in [3.63, 3.8) is 0 Å². The molecule has 70 heavy (non-hydrogen) atoms. The van der Waals surface area contributed by atoms with E-state index in [2.05, 4.69) is 59.2 Å². The van der Waals surface area contributed by atoms with Gasteiger partial charge in [0.25, 0.3) is 0 Å². The van der Waals surface area contributed by atoms with Gasteiger partial charge in [0.15, 0.2) is 0 Å². The van der Waals surface area contributed by atoms with Crippen molar-refractivity contribution in [3.05, 3.63) is 190 Å². The summed E-state index contributed by atoms with van der Waals surface area (Å²) in [5.74, 6) is 0.679. The third-order valence-electron chi connectivity index (χ3n) is 15.5. The minimum Gasteiger partial charge on any atom is -0.376 e. The van der Waals surface area contributed by atoms with Gasteiger partial charge in [0.2, 0.25) is 0 Å². The van der Waals surface area contributed by atoms with E-state index >= 15 is 0 Å². The second-order valence-electron chi connectivity index (χ2n) is 20.1. The lowest BCUT2D eigenvalue weighted by Crippen LogP contribution is -2.43. The average Bonchev–Trinajstić information content (AvgIpc) is 3.39. The van der Waals surface area contributed by atoms with Crippen molar-refractivity contribution in [2.45, 2.75) is 113 Å². The SMILES string of the molecule is CCc1ccccc1-c1cc(COCC2(c3ccc(C4CCCC(c5ccc(-c6cc(COCC7(c8ccccc8)CCNCC7)cc(C(F)(F)F)c6)cc5)C4)cc3)CCNCC2)cc(C(F)(F)F)c1.